The molecule has 0 aromatic rings. The number of aliphatic hydroxyl groups excluding tert-OH is 1. The van der Waals surface area contributed by atoms with Crippen LogP contribution < -0.4 is 5.32 Å². The molecule has 0 radical (unpaired) electrons. The van der Waals surface area contributed by atoms with E-state index >= 15 is 0 Å². The van der Waals surface area contributed by atoms with Crippen molar-refractivity contribution in [1.29, 1.82) is 0 Å². The van der Waals surface area contributed by atoms with Crippen LogP contribution in [-0.2, 0) is 23.8 Å². The number of hydrogen-bond acceptors (Lipinski definition) is 7. The van der Waals surface area contributed by atoms with E-state index in [2.05, 4.69) is 11.9 Å². The van der Waals surface area contributed by atoms with E-state index in [1.54, 1.807) is 6.92 Å². The number of nitrogens with one attached hydrogen (secondary N) is 1. The molecule has 0 unspecified atom stereocenters. The summed E-state index contributed by atoms with van der Waals surface area (Å²) >= 11 is 0. The Morgan fingerprint density at radius 3 is 2.48 bits per heavy atom. The van der Waals surface area contributed by atoms with Gasteiger partial charge in [0.1, 0.15) is 19.0 Å². The zero-order valence-electron chi connectivity index (χ0n) is 12.9. The van der Waals surface area contributed by atoms with Gasteiger partial charge in [0, 0.05) is 24.7 Å². The lowest BCUT2D eigenvalue weighted by Crippen LogP contribution is -2.62. The number of imide groups is 1. The summed E-state index contributed by atoms with van der Waals surface area (Å²) in [5, 5.41) is 23.6. The van der Waals surface area contributed by atoms with Crippen LogP contribution in [0.1, 0.15) is 19.8 Å². The normalized spacial score (nSPS) is 42.8. The van der Waals surface area contributed by atoms with E-state index in [1.165, 1.54) is 0 Å². The molecule has 3 aliphatic heterocycles. The molecule has 2 amide bonds. The lowest BCUT2D eigenvalue weighted by atomic mass is 9.81. The summed E-state index contributed by atoms with van der Waals surface area (Å²) < 4.78 is 16.2. The van der Waals surface area contributed by atoms with E-state index in [1.807, 2.05) is 0 Å². The van der Waals surface area contributed by atoms with Gasteiger partial charge >= 0.3 is 0 Å². The van der Waals surface area contributed by atoms with E-state index in [9.17, 15) is 19.8 Å². The van der Waals surface area contributed by atoms with Crippen LogP contribution in [-0.4, -0.2) is 59.5 Å². The highest BCUT2D eigenvalue weighted by atomic mass is 16.7. The van der Waals surface area contributed by atoms with Gasteiger partial charge in [0.2, 0.25) is 17.6 Å². The van der Waals surface area contributed by atoms with Gasteiger partial charge in [-0.15, -0.1) is 0 Å². The van der Waals surface area contributed by atoms with Crippen molar-refractivity contribution in [2.24, 2.45) is 11.8 Å². The van der Waals surface area contributed by atoms with E-state index in [-0.39, 0.29) is 26.2 Å². The molecule has 128 valence electrons. The summed E-state index contributed by atoms with van der Waals surface area (Å²) in [6, 6.07) is 0. The van der Waals surface area contributed by atoms with Crippen molar-refractivity contribution in [3.05, 3.63) is 12.2 Å². The Labute approximate surface area is 133 Å². The molecule has 0 aromatic heterocycles. The minimum absolute atomic E-state index is 0.0712. The molecule has 8 heteroatoms. The van der Waals surface area contributed by atoms with Crippen LogP contribution in [0.15, 0.2) is 12.2 Å². The molecule has 3 rings (SSSR count). The Kier molecular flexibility index (Phi) is 4.28. The molecular weight excluding hydrogens is 306 g/mol. The fourth-order valence-corrected chi connectivity index (χ4v) is 3.46. The van der Waals surface area contributed by atoms with Crippen LogP contribution in [0.4, 0.5) is 0 Å². The SMILES string of the molecule is C=C1CO[C@](O)([C@@H]2OCO[C@H](C3CC(=O)NC(=O)C3)[C@@H]2O)[C@@H]1C. The second-order valence-electron chi connectivity index (χ2n) is 6.39. The summed E-state index contributed by atoms with van der Waals surface area (Å²) in [5.74, 6) is -3.40. The maximum absolute atomic E-state index is 11.5. The minimum Gasteiger partial charge on any atom is -0.387 e. The van der Waals surface area contributed by atoms with Crippen molar-refractivity contribution in [2.45, 2.75) is 43.9 Å². The molecule has 3 fully saturated rings. The smallest absolute Gasteiger partial charge is 0.226 e. The largest absolute Gasteiger partial charge is 0.387 e. The molecule has 3 N–H and O–H groups in total. The predicted molar refractivity (Wildman–Crippen MR) is 75.7 cm³/mol. The maximum atomic E-state index is 11.5. The second kappa shape index (κ2) is 5.95. The highest BCUT2D eigenvalue weighted by molar-refractivity contribution is 5.97. The van der Waals surface area contributed by atoms with Gasteiger partial charge in [-0.25, -0.2) is 0 Å². The van der Waals surface area contributed by atoms with Crippen molar-refractivity contribution in [3.63, 3.8) is 0 Å². The Balaban J connectivity index is 1.78. The summed E-state index contributed by atoms with van der Waals surface area (Å²) in [4.78, 5) is 23.1. The van der Waals surface area contributed by atoms with Crippen LogP contribution in [0.2, 0.25) is 0 Å². The summed E-state index contributed by atoms with van der Waals surface area (Å²) in [6.45, 7) is 5.59. The van der Waals surface area contributed by atoms with Crippen LogP contribution in [0.5, 0.6) is 0 Å². The first kappa shape index (κ1) is 16.5. The highest BCUT2D eigenvalue weighted by Gasteiger charge is 2.56. The molecule has 3 aliphatic rings. The molecule has 0 aromatic carbocycles. The standard InChI is InChI=1S/C15H21NO7/c1-7-5-23-15(20,8(7)2)14-12(19)13(21-6-22-14)9-3-10(17)16-11(18)4-9/h8-9,12-14,19-20H,1,3-6H2,2H3,(H,16,17,18)/t8-,12+,13-,14-,15+/m1/s1. The lowest BCUT2D eigenvalue weighted by Gasteiger charge is -2.45. The number of amides is 2. The Morgan fingerprint density at radius 1 is 1.26 bits per heavy atom. The Bertz CT molecular complexity index is 520. The molecule has 3 saturated heterocycles. The van der Waals surface area contributed by atoms with E-state index in [0.717, 1.165) is 0 Å². The fourth-order valence-electron chi connectivity index (χ4n) is 3.46. The van der Waals surface area contributed by atoms with Gasteiger partial charge in [-0.05, 0) is 5.57 Å². The summed E-state index contributed by atoms with van der Waals surface area (Å²) in [5.41, 5.74) is 0.707. The van der Waals surface area contributed by atoms with Gasteiger partial charge in [0.15, 0.2) is 0 Å². The van der Waals surface area contributed by atoms with Crippen LogP contribution in [0.3, 0.4) is 0 Å². The minimum atomic E-state index is -1.71. The lowest BCUT2D eigenvalue weighted by molar-refractivity contribution is -0.338. The van der Waals surface area contributed by atoms with E-state index in [0.29, 0.717) is 5.57 Å². The summed E-state index contributed by atoms with van der Waals surface area (Å²) in [7, 11) is 0. The molecule has 0 spiro atoms. The molecule has 0 saturated carbocycles. The van der Waals surface area contributed by atoms with Gasteiger partial charge < -0.3 is 24.4 Å². The monoisotopic (exact) mass is 327 g/mol. The Hall–Kier alpha value is -1.32. The molecular formula is C15H21NO7. The van der Waals surface area contributed by atoms with Crippen LogP contribution in [0, 0.1) is 11.8 Å². The third-order valence-electron chi connectivity index (χ3n) is 4.92. The zero-order valence-corrected chi connectivity index (χ0v) is 12.9. The molecule has 8 nitrogen and oxygen atoms in total. The Morgan fingerprint density at radius 2 is 1.91 bits per heavy atom. The highest BCUT2D eigenvalue weighted by Crippen LogP contribution is 2.41. The first-order valence-corrected chi connectivity index (χ1v) is 7.61. The van der Waals surface area contributed by atoms with Crippen molar-refractivity contribution < 1.29 is 34.0 Å². The van der Waals surface area contributed by atoms with Gasteiger partial charge in [0.25, 0.3) is 0 Å². The quantitative estimate of drug-likeness (QED) is 0.443. The number of carbonyl (C=O) groups excluding carboxylic acids is 2. The number of ether oxygens (including phenoxy) is 3. The van der Waals surface area contributed by atoms with Crippen LogP contribution in [0.25, 0.3) is 0 Å². The number of rotatable bonds is 2. The second-order valence-corrected chi connectivity index (χ2v) is 6.39. The fraction of sp³-hybridized carbons (Fsp3) is 0.733. The topological polar surface area (TPSA) is 114 Å². The predicted octanol–water partition coefficient (Wildman–Crippen LogP) is -0.947. The number of aliphatic hydroxyl groups is 2. The average Bonchev–Trinajstić information content (AvgIpc) is 2.75. The summed E-state index contributed by atoms with van der Waals surface area (Å²) in [6.07, 6.45) is -2.93. The van der Waals surface area contributed by atoms with Crippen molar-refractivity contribution in [1.82, 2.24) is 5.32 Å². The first-order valence-electron chi connectivity index (χ1n) is 7.61. The van der Waals surface area contributed by atoms with Gasteiger partial charge in [0.05, 0.1) is 12.7 Å². The van der Waals surface area contributed by atoms with Crippen molar-refractivity contribution in [2.75, 3.05) is 13.4 Å². The molecule has 0 aliphatic carbocycles. The number of piperidine rings is 1. The zero-order chi connectivity index (χ0) is 16.8. The third kappa shape index (κ3) is 2.81. The third-order valence-corrected chi connectivity index (χ3v) is 4.92. The van der Waals surface area contributed by atoms with E-state index in [4.69, 9.17) is 14.2 Å². The van der Waals surface area contributed by atoms with Gasteiger partial charge in [-0.1, -0.05) is 13.5 Å². The molecule has 23 heavy (non-hydrogen) atoms. The van der Waals surface area contributed by atoms with Gasteiger partial charge in [-0.2, -0.15) is 0 Å². The molecule has 0 bridgehead atoms. The molecule has 3 heterocycles. The van der Waals surface area contributed by atoms with E-state index < -0.39 is 47.7 Å². The number of hydrogen-bond donors (Lipinski definition) is 3. The average molecular weight is 327 g/mol. The van der Waals surface area contributed by atoms with Crippen LogP contribution >= 0.6 is 0 Å². The maximum Gasteiger partial charge on any atom is 0.226 e. The first-order chi connectivity index (χ1) is 10.8. The van der Waals surface area contributed by atoms with Crippen molar-refractivity contribution >= 4 is 11.8 Å². The van der Waals surface area contributed by atoms with Gasteiger partial charge in [-0.3, -0.25) is 14.9 Å². The molecule has 5 atom stereocenters. The number of carbonyl (C=O) groups is 2. The van der Waals surface area contributed by atoms with Crippen molar-refractivity contribution in [3.8, 4) is 0 Å².